The van der Waals surface area contributed by atoms with Crippen molar-refractivity contribution in [2.75, 3.05) is 13.7 Å². The molecule has 0 spiro atoms. The van der Waals surface area contributed by atoms with Gasteiger partial charge in [0.15, 0.2) is 6.10 Å². The molecule has 1 aromatic rings. The zero-order chi connectivity index (χ0) is 17.7. The normalized spacial score (nSPS) is 21.5. The predicted octanol–water partition coefficient (Wildman–Crippen LogP) is 2.82. The molecule has 0 aromatic heterocycles. The molecule has 24 heavy (non-hydrogen) atoms. The number of halogens is 2. The molecule has 6 nitrogen and oxygen atoms in total. The standard InChI is InChI=1S/C16H19Cl2NO5/c1-23-7-6-12(9-2-3-10(17)11(18)8-9)19-15(20)13-4-5-14(24-13)16(21)22/h2-3,8,12-14H,4-7H2,1H3,(H,19,20)(H,21,22)/t12?,13-,14+/m0/s1. The Labute approximate surface area is 150 Å². The molecule has 1 amide bonds. The molecule has 1 heterocycles. The zero-order valence-corrected chi connectivity index (χ0v) is 14.6. The second-order valence-corrected chi connectivity index (χ2v) is 6.36. The first kappa shape index (κ1) is 19.0. The van der Waals surface area contributed by atoms with Crippen LogP contribution in [0.15, 0.2) is 18.2 Å². The lowest BCUT2D eigenvalue weighted by Gasteiger charge is -2.21. The van der Waals surface area contributed by atoms with Gasteiger partial charge in [0.1, 0.15) is 6.10 Å². The van der Waals surface area contributed by atoms with Crippen molar-refractivity contribution in [3.63, 3.8) is 0 Å². The molecule has 3 atom stereocenters. The summed E-state index contributed by atoms with van der Waals surface area (Å²) in [6.07, 6.45) is -0.457. The Morgan fingerprint density at radius 2 is 2.04 bits per heavy atom. The van der Waals surface area contributed by atoms with Crippen LogP contribution in [0.4, 0.5) is 0 Å². The third-order valence-electron chi connectivity index (χ3n) is 3.86. The third kappa shape index (κ3) is 4.83. The first-order valence-electron chi connectivity index (χ1n) is 7.55. The highest BCUT2D eigenvalue weighted by molar-refractivity contribution is 6.42. The van der Waals surface area contributed by atoms with Gasteiger partial charge in [0.25, 0.3) is 0 Å². The molecule has 0 saturated carbocycles. The van der Waals surface area contributed by atoms with Crippen molar-refractivity contribution in [2.24, 2.45) is 0 Å². The Bertz CT molecular complexity index is 610. The highest BCUT2D eigenvalue weighted by atomic mass is 35.5. The van der Waals surface area contributed by atoms with E-state index in [1.807, 2.05) is 0 Å². The van der Waals surface area contributed by atoms with Crippen LogP contribution in [0.1, 0.15) is 30.9 Å². The summed E-state index contributed by atoms with van der Waals surface area (Å²) in [5.74, 6) is -1.39. The van der Waals surface area contributed by atoms with Gasteiger partial charge in [0, 0.05) is 13.7 Å². The van der Waals surface area contributed by atoms with E-state index in [2.05, 4.69) is 5.32 Å². The molecular weight excluding hydrogens is 357 g/mol. The molecule has 2 N–H and O–H groups in total. The maximum Gasteiger partial charge on any atom is 0.332 e. The summed E-state index contributed by atoms with van der Waals surface area (Å²) < 4.78 is 10.4. The molecule has 0 bridgehead atoms. The van der Waals surface area contributed by atoms with Crippen LogP contribution in [-0.2, 0) is 19.1 Å². The molecule has 1 saturated heterocycles. The van der Waals surface area contributed by atoms with Gasteiger partial charge in [-0.3, -0.25) is 4.79 Å². The number of carbonyl (C=O) groups is 2. The lowest BCUT2D eigenvalue weighted by molar-refractivity contribution is -0.151. The summed E-state index contributed by atoms with van der Waals surface area (Å²) in [5, 5.41) is 12.7. The van der Waals surface area contributed by atoms with Crippen molar-refractivity contribution >= 4 is 35.1 Å². The highest BCUT2D eigenvalue weighted by Crippen LogP contribution is 2.28. The zero-order valence-electron chi connectivity index (χ0n) is 13.1. The SMILES string of the molecule is COCCC(NC(=O)[C@@H]1CC[C@H](C(=O)O)O1)c1ccc(Cl)c(Cl)c1. The smallest absolute Gasteiger partial charge is 0.332 e. The van der Waals surface area contributed by atoms with Crippen molar-refractivity contribution in [3.8, 4) is 0 Å². The van der Waals surface area contributed by atoms with Gasteiger partial charge < -0.3 is 19.9 Å². The van der Waals surface area contributed by atoms with E-state index in [-0.39, 0.29) is 11.9 Å². The first-order chi connectivity index (χ1) is 11.4. The Morgan fingerprint density at radius 3 is 2.62 bits per heavy atom. The van der Waals surface area contributed by atoms with Gasteiger partial charge in [-0.25, -0.2) is 4.79 Å². The number of aliphatic carboxylic acids is 1. The minimum atomic E-state index is -1.05. The minimum absolute atomic E-state index is 0.322. The molecule has 1 aliphatic rings. The summed E-state index contributed by atoms with van der Waals surface area (Å²) in [5.41, 5.74) is 0.794. The highest BCUT2D eigenvalue weighted by Gasteiger charge is 2.35. The van der Waals surface area contributed by atoms with E-state index < -0.39 is 18.2 Å². The number of carboxylic acid groups (broad SMARTS) is 1. The number of rotatable bonds is 7. The van der Waals surface area contributed by atoms with E-state index in [9.17, 15) is 9.59 Å². The monoisotopic (exact) mass is 375 g/mol. The topological polar surface area (TPSA) is 84.9 Å². The van der Waals surface area contributed by atoms with Crippen LogP contribution in [-0.4, -0.2) is 42.9 Å². The van der Waals surface area contributed by atoms with Gasteiger partial charge in [-0.1, -0.05) is 29.3 Å². The van der Waals surface area contributed by atoms with Crippen LogP contribution >= 0.6 is 23.2 Å². The number of carbonyl (C=O) groups excluding carboxylic acids is 1. The second kappa shape index (κ2) is 8.67. The van der Waals surface area contributed by atoms with E-state index in [0.717, 1.165) is 5.56 Å². The Morgan fingerprint density at radius 1 is 1.33 bits per heavy atom. The van der Waals surface area contributed by atoms with Crippen LogP contribution in [0, 0.1) is 0 Å². The number of ether oxygens (including phenoxy) is 2. The fourth-order valence-corrected chi connectivity index (χ4v) is 2.87. The lowest BCUT2D eigenvalue weighted by Crippen LogP contribution is -2.38. The maximum atomic E-state index is 12.4. The first-order valence-corrected chi connectivity index (χ1v) is 8.30. The number of carboxylic acids is 1. The molecule has 0 radical (unpaired) electrons. The molecular formula is C16H19Cl2NO5. The van der Waals surface area contributed by atoms with E-state index in [0.29, 0.717) is 35.9 Å². The van der Waals surface area contributed by atoms with Crippen LogP contribution in [0.2, 0.25) is 10.0 Å². The van der Waals surface area contributed by atoms with E-state index in [1.165, 1.54) is 0 Å². The average Bonchev–Trinajstić information content (AvgIpc) is 3.04. The molecule has 2 rings (SSSR count). The van der Waals surface area contributed by atoms with Gasteiger partial charge in [-0.05, 0) is 37.0 Å². The number of methoxy groups -OCH3 is 1. The Kier molecular flexibility index (Phi) is 6.86. The molecule has 8 heteroatoms. The summed E-state index contributed by atoms with van der Waals surface area (Å²) in [6.45, 7) is 0.439. The number of hydrogen-bond acceptors (Lipinski definition) is 4. The Hall–Kier alpha value is -1.34. The van der Waals surface area contributed by atoms with Gasteiger partial charge >= 0.3 is 5.97 Å². The van der Waals surface area contributed by atoms with Gasteiger partial charge in [-0.2, -0.15) is 0 Å². The van der Waals surface area contributed by atoms with Crippen LogP contribution in [0.3, 0.4) is 0 Å². The summed E-state index contributed by atoms with van der Waals surface area (Å²) in [7, 11) is 1.57. The fourth-order valence-electron chi connectivity index (χ4n) is 2.56. The maximum absolute atomic E-state index is 12.4. The number of benzene rings is 1. The van der Waals surface area contributed by atoms with Crippen molar-refractivity contribution in [1.29, 1.82) is 0 Å². The summed E-state index contributed by atoms with van der Waals surface area (Å²) in [4.78, 5) is 23.3. The van der Waals surface area contributed by atoms with Crippen molar-refractivity contribution in [1.82, 2.24) is 5.32 Å². The minimum Gasteiger partial charge on any atom is -0.479 e. The van der Waals surface area contributed by atoms with E-state index in [4.69, 9.17) is 37.8 Å². The molecule has 1 aromatic carbocycles. The van der Waals surface area contributed by atoms with Crippen molar-refractivity contribution in [2.45, 2.75) is 37.5 Å². The van der Waals surface area contributed by atoms with Gasteiger partial charge in [0.05, 0.1) is 16.1 Å². The van der Waals surface area contributed by atoms with Crippen LogP contribution < -0.4 is 5.32 Å². The fraction of sp³-hybridized carbons (Fsp3) is 0.500. The van der Waals surface area contributed by atoms with Crippen LogP contribution in [0.5, 0.6) is 0 Å². The Balaban J connectivity index is 2.06. The predicted molar refractivity (Wildman–Crippen MR) is 89.4 cm³/mol. The third-order valence-corrected chi connectivity index (χ3v) is 4.60. The largest absolute Gasteiger partial charge is 0.479 e. The van der Waals surface area contributed by atoms with Gasteiger partial charge in [-0.15, -0.1) is 0 Å². The number of amides is 1. The van der Waals surface area contributed by atoms with Gasteiger partial charge in [0.2, 0.25) is 5.91 Å². The van der Waals surface area contributed by atoms with E-state index >= 15 is 0 Å². The quantitative estimate of drug-likeness (QED) is 0.765. The number of nitrogens with one attached hydrogen (secondary N) is 1. The molecule has 132 valence electrons. The lowest BCUT2D eigenvalue weighted by atomic mass is 10.0. The molecule has 1 unspecified atom stereocenters. The average molecular weight is 376 g/mol. The van der Waals surface area contributed by atoms with Crippen LogP contribution in [0.25, 0.3) is 0 Å². The van der Waals surface area contributed by atoms with Crippen molar-refractivity contribution in [3.05, 3.63) is 33.8 Å². The molecule has 1 aliphatic heterocycles. The second-order valence-electron chi connectivity index (χ2n) is 5.55. The summed E-state index contributed by atoms with van der Waals surface area (Å²) >= 11 is 12.0. The number of hydrogen-bond donors (Lipinski definition) is 2. The summed E-state index contributed by atoms with van der Waals surface area (Å²) in [6, 6.07) is 4.81. The van der Waals surface area contributed by atoms with Crippen molar-refractivity contribution < 1.29 is 24.2 Å². The molecule has 0 aliphatic carbocycles. The van der Waals surface area contributed by atoms with E-state index in [1.54, 1.807) is 25.3 Å². The molecule has 1 fully saturated rings.